The van der Waals surface area contributed by atoms with E-state index in [2.05, 4.69) is 10.3 Å². The van der Waals surface area contributed by atoms with E-state index in [1.807, 2.05) is 0 Å². The molecule has 0 saturated carbocycles. The Morgan fingerprint density at radius 1 is 1.19 bits per heavy atom. The summed E-state index contributed by atoms with van der Waals surface area (Å²) in [5.41, 5.74) is 7.41. The van der Waals surface area contributed by atoms with Gasteiger partial charge in [-0.2, -0.15) is 0 Å². The SMILES string of the molecule is COc1ccc(NC(=O)Cc2ccc(N)cn2)cc1OC. The fourth-order valence-corrected chi connectivity index (χ4v) is 1.82. The van der Waals surface area contributed by atoms with Crippen LogP contribution < -0.4 is 20.5 Å². The van der Waals surface area contributed by atoms with Gasteiger partial charge < -0.3 is 20.5 Å². The monoisotopic (exact) mass is 287 g/mol. The smallest absolute Gasteiger partial charge is 0.230 e. The van der Waals surface area contributed by atoms with Gasteiger partial charge in [0.25, 0.3) is 0 Å². The van der Waals surface area contributed by atoms with Crippen LogP contribution in [0.1, 0.15) is 5.69 Å². The van der Waals surface area contributed by atoms with Crippen LogP contribution in [0.2, 0.25) is 0 Å². The lowest BCUT2D eigenvalue weighted by atomic mass is 10.2. The molecule has 0 fully saturated rings. The van der Waals surface area contributed by atoms with Crippen molar-refractivity contribution in [3.8, 4) is 11.5 Å². The van der Waals surface area contributed by atoms with E-state index in [4.69, 9.17) is 15.2 Å². The quantitative estimate of drug-likeness (QED) is 0.876. The molecule has 1 heterocycles. The maximum Gasteiger partial charge on any atom is 0.230 e. The van der Waals surface area contributed by atoms with Gasteiger partial charge in [-0.05, 0) is 24.3 Å². The zero-order valence-electron chi connectivity index (χ0n) is 11.9. The second-order valence-electron chi connectivity index (χ2n) is 4.38. The molecule has 0 unspecified atom stereocenters. The molecule has 6 heteroatoms. The van der Waals surface area contributed by atoms with E-state index in [1.165, 1.54) is 6.20 Å². The number of carbonyl (C=O) groups is 1. The normalized spacial score (nSPS) is 10.0. The van der Waals surface area contributed by atoms with Crippen LogP contribution in [0.5, 0.6) is 11.5 Å². The fraction of sp³-hybridized carbons (Fsp3) is 0.200. The van der Waals surface area contributed by atoms with Gasteiger partial charge in [-0.3, -0.25) is 9.78 Å². The molecule has 1 aromatic carbocycles. The predicted octanol–water partition coefficient (Wildman–Crippen LogP) is 1.86. The molecule has 0 aliphatic heterocycles. The molecule has 0 atom stereocenters. The summed E-state index contributed by atoms with van der Waals surface area (Å²) in [6.45, 7) is 0. The molecular formula is C15H17N3O3. The minimum absolute atomic E-state index is 0.167. The number of nitrogens with zero attached hydrogens (tertiary/aromatic N) is 1. The Labute approximate surface area is 122 Å². The topological polar surface area (TPSA) is 86.5 Å². The second kappa shape index (κ2) is 6.60. The first-order valence-corrected chi connectivity index (χ1v) is 6.34. The molecule has 6 nitrogen and oxygen atoms in total. The standard InChI is InChI=1S/C15H17N3O3/c1-20-13-6-5-12(7-14(13)21-2)18-15(19)8-11-4-3-10(16)9-17-11/h3-7,9H,8,16H2,1-2H3,(H,18,19). The van der Waals surface area contributed by atoms with Crippen molar-refractivity contribution in [2.24, 2.45) is 0 Å². The van der Waals surface area contributed by atoms with Gasteiger partial charge in [0, 0.05) is 17.4 Å². The highest BCUT2D eigenvalue weighted by Gasteiger charge is 2.08. The number of nitrogens with one attached hydrogen (secondary N) is 1. The zero-order valence-corrected chi connectivity index (χ0v) is 11.9. The molecule has 0 bridgehead atoms. The molecule has 2 aromatic rings. The molecule has 1 amide bonds. The number of nitrogens with two attached hydrogens (primary N) is 1. The van der Waals surface area contributed by atoms with Gasteiger partial charge >= 0.3 is 0 Å². The highest BCUT2D eigenvalue weighted by atomic mass is 16.5. The van der Waals surface area contributed by atoms with Crippen molar-refractivity contribution in [2.75, 3.05) is 25.3 Å². The van der Waals surface area contributed by atoms with Gasteiger partial charge in [0.05, 0.1) is 32.5 Å². The third kappa shape index (κ3) is 3.85. The van der Waals surface area contributed by atoms with Gasteiger partial charge in [-0.1, -0.05) is 0 Å². The van der Waals surface area contributed by atoms with E-state index in [0.717, 1.165) is 0 Å². The summed E-state index contributed by atoms with van der Waals surface area (Å²) in [5.74, 6) is 0.996. The van der Waals surface area contributed by atoms with E-state index in [1.54, 1.807) is 44.6 Å². The maximum atomic E-state index is 12.0. The molecule has 0 saturated heterocycles. The summed E-state index contributed by atoms with van der Waals surface area (Å²) in [6.07, 6.45) is 1.70. The van der Waals surface area contributed by atoms with Gasteiger partial charge in [-0.25, -0.2) is 0 Å². The Morgan fingerprint density at radius 3 is 2.57 bits per heavy atom. The van der Waals surface area contributed by atoms with Crippen LogP contribution in [0, 0.1) is 0 Å². The van der Waals surface area contributed by atoms with Crippen LogP contribution in [-0.2, 0) is 11.2 Å². The van der Waals surface area contributed by atoms with Crippen LogP contribution in [0.3, 0.4) is 0 Å². The van der Waals surface area contributed by atoms with E-state index >= 15 is 0 Å². The van der Waals surface area contributed by atoms with E-state index < -0.39 is 0 Å². The van der Waals surface area contributed by atoms with Gasteiger partial charge in [-0.15, -0.1) is 0 Å². The molecule has 2 rings (SSSR count). The Hall–Kier alpha value is -2.76. The summed E-state index contributed by atoms with van der Waals surface area (Å²) in [4.78, 5) is 16.1. The lowest BCUT2D eigenvalue weighted by molar-refractivity contribution is -0.115. The van der Waals surface area contributed by atoms with Crippen molar-refractivity contribution in [1.82, 2.24) is 4.98 Å². The predicted molar refractivity (Wildman–Crippen MR) is 80.5 cm³/mol. The molecule has 0 aliphatic rings. The van der Waals surface area contributed by atoms with Crippen molar-refractivity contribution in [3.05, 3.63) is 42.2 Å². The number of methoxy groups -OCH3 is 2. The number of hydrogen-bond donors (Lipinski definition) is 2. The number of benzene rings is 1. The average molecular weight is 287 g/mol. The highest BCUT2D eigenvalue weighted by molar-refractivity contribution is 5.92. The summed E-state index contributed by atoms with van der Waals surface area (Å²) in [6, 6.07) is 8.62. The summed E-state index contributed by atoms with van der Waals surface area (Å²) < 4.78 is 10.3. The molecule has 0 spiro atoms. The van der Waals surface area contributed by atoms with E-state index in [0.29, 0.717) is 28.6 Å². The zero-order chi connectivity index (χ0) is 15.2. The summed E-state index contributed by atoms with van der Waals surface area (Å²) in [5, 5.41) is 2.79. The number of nitrogen functional groups attached to an aromatic ring is 1. The minimum Gasteiger partial charge on any atom is -0.493 e. The number of amides is 1. The van der Waals surface area contributed by atoms with E-state index in [9.17, 15) is 4.79 Å². The van der Waals surface area contributed by atoms with Crippen molar-refractivity contribution >= 4 is 17.3 Å². The molecule has 3 N–H and O–H groups in total. The summed E-state index contributed by atoms with van der Waals surface area (Å²) in [7, 11) is 3.10. The third-order valence-electron chi connectivity index (χ3n) is 2.86. The van der Waals surface area contributed by atoms with Crippen LogP contribution in [0.15, 0.2) is 36.5 Å². The Balaban J connectivity index is 2.04. The van der Waals surface area contributed by atoms with Crippen LogP contribution in [0.4, 0.5) is 11.4 Å². The number of pyridine rings is 1. The molecule has 0 aliphatic carbocycles. The largest absolute Gasteiger partial charge is 0.493 e. The first-order chi connectivity index (χ1) is 10.1. The third-order valence-corrected chi connectivity index (χ3v) is 2.86. The van der Waals surface area contributed by atoms with Crippen LogP contribution in [0.25, 0.3) is 0 Å². The van der Waals surface area contributed by atoms with Crippen LogP contribution >= 0.6 is 0 Å². The molecule has 0 radical (unpaired) electrons. The second-order valence-corrected chi connectivity index (χ2v) is 4.38. The Kier molecular flexibility index (Phi) is 4.61. The van der Waals surface area contributed by atoms with Crippen molar-refractivity contribution in [3.63, 3.8) is 0 Å². The Morgan fingerprint density at radius 2 is 1.95 bits per heavy atom. The van der Waals surface area contributed by atoms with Gasteiger partial charge in [0.1, 0.15) is 0 Å². The number of carbonyl (C=O) groups excluding carboxylic acids is 1. The number of ether oxygens (including phenoxy) is 2. The molecular weight excluding hydrogens is 270 g/mol. The van der Waals surface area contributed by atoms with Crippen molar-refractivity contribution in [1.29, 1.82) is 0 Å². The highest BCUT2D eigenvalue weighted by Crippen LogP contribution is 2.29. The summed E-state index contributed by atoms with van der Waals surface area (Å²) >= 11 is 0. The van der Waals surface area contributed by atoms with Crippen molar-refractivity contribution < 1.29 is 14.3 Å². The number of rotatable bonds is 5. The minimum atomic E-state index is -0.167. The lowest BCUT2D eigenvalue weighted by Gasteiger charge is -2.10. The fourth-order valence-electron chi connectivity index (χ4n) is 1.82. The van der Waals surface area contributed by atoms with Gasteiger partial charge in [0.2, 0.25) is 5.91 Å². The average Bonchev–Trinajstić information content (AvgIpc) is 2.49. The molecule has 110 valence electrons. The Bertz CT molecular complexity index is 627. The maximum absolute atomic E-state index is 12.0. The number of aromatic nitrogens is 1. The number of anilines is 2. The number of hydrogen-bond acceptors (Lipinski definition) is 5. The molecule has 1 aromatic heterocycles. The van der Waals surface area contributed by atoms with Gasteiger partial charge in [0.15, 0.2) is 11.5 Å². The van der Waals surface area contributed by atoms with E-state index in [-0.39, 0.29) is 12.3 Å². The van der Waals surface area contributed by atoms with Crippen LogP contribution in [-0.4, -0.2) is 25.1 Å². The lowest BCUT2D eigenvalue weighted by Crippen LogP contribution is -2.15. The molecule has 21 heavy (non-hydrogen) atoms. The first kappa shape index (κ1) is 14.6. The van der Waals surface area contributed by atoms with Crippen molar-refractivity contribution in [2.45, 2.75) is 6.42 Å². The first-order valence-electron chi connectivity index (χ1n) is 6.34.